The molecule has 35 heavy (non-hydrogen) atoms. The third-order valence-corrected chi connectivity index (χ3v) is 6.78. The van der Waals surface area contributed by atoms with Crippen LogP contribution in [0.15, 0.2) is 72.8 Å². The Morgan fingerprint density at radius 2 is 1.77 bits per heavy atom. The van der Waals surface area contributed by atoms with Crippen LogP contribution in [0.3, 0.4) is 0 Å². The molecule has 0 radical (unpaired) electrons. The number of amides is 2. The largest absolute Gasteiger partial charge is 0.455 e. The van der Waals surface area contributed by atoms with Gasteiger partial charge in [0.05, 0.1) is 11.9 Å². The highest BCUT2D eigenvalue weighted by Crippen LogP contribution is 2.33. The number of hydrogen-bond acceptors (Lipinski definition) is 5. The Hall–Kier alpha value is -3.85. The van der Waals surface area contributed by atoms with Gasteiger partial charge in [-0.05, 0) is 55.3 Å². The SMILES string of the molecule is Cc1ccc(NC(=O)CN(c2ccccc2Oc2ccccc2)S(C)(=O)=O)cc1N1CCCC1=O. The molecular formula is C26H27N3O5S. The fourth-order valence-corrected chi connectivity index (χ4v) is 4.82. The van der Waals surface area contributed by atoms with E-state index in [4.69, 9.17) is 4.74 Å². The molecule has 3 aromatic rings. The summed E-state index contributed by atoms with van der Waals surface area (Å²) in [6.07, 6.45) is 2.34. The molecule has 3 aromatic carbocycles. The Kier molecular flexibility index (Phi) is 7.07. The van der Waals surface area contributed by atoms with Gasteiger partial charge in [-0.15, -0.1) is 0 Å². The van der Waals surface area contributed by atoms with E-state index in [1.54, 1.807) is 53.4 Å². The molecule has 0 spiro atoms. The molecule has 1 N–H and O–H groups in total. The fourth-order valence-electron chi connectivity index (χ4n) is 3.96. The van der Waals surface area contributed by atoms with Gasteiger partial charge in [-0.1, -0.05) is 36.4 Å². The maximum absolute atomic E-state index is 13.0. The minimum absolute atomic E-state index is 0.0508. The van der Waals surface area contributed by atoms with E-state index >= 15 is 0 Å². The highest BCUT2D eigenvalue weighted by molar-refractivity contribution is 7.92. The van der Waals surface area contributed by atoms with Crippen LogP contribution in [0.4, 0.5) is 17.1 Å². The van der Waals surface area contributed by atoms with Gasteiger partial charge in [0.2, 0.25) is 21.8 Å². The van der Waals surface area contributed by atoms with Crippen LogP contribution in [0.1, 0.15) is 18.4 Å². The fraction of sp³-hybridized carbons (Fsp3) is 0.231. The minimum atomic E-state index is -3.82. The summed E-state index contributed by atoms with van der Waals surface area (Å²) in [5.74, 6) is 0.380. The molecule has 1 heterocycles. The van der Waals surface area contributed by atoms with Crippen molar-refractivity contribution >= 4 is 38.9 Å². The molecule has 1 aliphatic rings. The first-order valence-electron chi connectivity index (χ1n) is 11.2. The Labute approximate surface area is 205 Å². The Morgan fingerprint density at radius 1 is 1.06 bits per heavy atom. The molecular weight excluding hydrogens is 466 g/mol. The number of ether oxygens (including phenoxy) is 1. The third-order valence-electron chi connectivity index (χ3n) is 5.65. The Bertz CT molecular complexity index is 1340. The van der Waals surface area contributed by atoms with Crippen LogP contribution in [-0.4, -0.2) is 39.6 Å². The zero-order valence-corrected chi connectivity index (χ0v) is 20.4. The van der Waals surface area contributed by atoms with Crippen molar-refractivity contribution in [1.82, 2.24) is 0 Å². The van der Waals surface area contributed by atoms with Gasteiger partial charge in [0.1, 0.15) is 12.3 Å². The molecule has 182 valence electrons. The number of nitrogens with zero attached hydrogens (tertiary/aromatic N) is 2. The Morgan fingerprint density at radius 3 is 2.46 bits per heavy atom. The third kappa shape index (κ3) is 5.81. The molecule has 0 saturated carbocycles. The number of nitrogens with one attached hydrogen (secondary N) is 1. The number of carbonyl (C=O) groups excluding carboxylic acids is 2. The molecule has 0 atom stereocenters. The van der Waals surface area contributed by atoms with Crippen LogP contribution in [0.2, 0.25) is 0 Å². The van der Waals surface area contributed by atoms with E-state index in [0.717, 1.165) is 28.2 Å². The summed E-state index contributed by atoms with van der Waals surface area (Å²) in [4.78, 5) is 26.9. The number of anilines is 3. The molecule has 0 unspecified atom stereocenters. The average Bonchev–Trinajstić information content (AvgIpc) is 3.25. The number of para-hydroxylation sites is 3. The van der Waals surface area contributed by atoms with Gasteiger partial charge in [0, 0.05) is 24.3 Å². The molecule has 0 aliphatic carbocycles. The highest BCUT2D eigenvalue weighted by Gasteiger charge is 2.26. The van der Waals surface area contributed by atoms with Crippen molar-refractivity contribution < 1.29 is 22.7 Å². The van der Waals surface area contributed by atoms with E-state index in [2.05, 4.69) is 5.32 Å². The molecule has 1 saturated heterocycles. The van der Waals surface area contributed by atoms with Crippen LogP contribution in [0.25, 0.3) is 0 Å². The standard InChI is InChI=1S/C26H27N3O5S/c1-19-14-15-20(17-23(19)28-16-8-13-26(28)31)27-25(30)18-29(35(2,32)33)22-11-6-7-12-24(22)34-21-9-4-3-5-10-21/h3-7,9-12,14-15,17H,8,13,16,18H2,1-2H3,(H,27,30). The number of benzene rings is 3. The van der Waals surface area contributed by atoms with Crippen molar-refractivity contribution in [2.45, 2.75) is 19.8 Å². The smallest absolute Gasteiger partial charge is 0.245 e. The van der Waals surface area contributed by atoms with E-state index in [0.29, 0.717) is 30.2 Å². The quantitative estimate of drug-likeness (QED) is 0.504. The summed E-state index contributed by atoms with van der Waals surface area (Å²) in [5, 5.41) is 2.77. The van der Waals surface area contributed by atoms with Gasteiger partial charge in [-0.2, -0.15) is 0 Å². The normalized spacial score (nSPS) is 13.5. The lowest BCUT2D eigenvalue weighted by atomic mass is 10.1. The van der Waals surface area contributed by atoms with Gasteiger partial charge < -0.3 is 15.0 Å². The van der Waals surface area contributed by atoms with Crippen molar-refractivity contribution in [3.05, 3.63) is 78.4 Å². The summed E-state index contributed by atoms with van der Waals surface area (Å²) in [6.45, 7) is 2.10. The second-order valence-electron chi connectivity index (χ2n) is 8.35. The molecule has 1 fully saturated rings. The zero-order valence-electron chi connectivity index (χ0n) is 19.6. The molecule has 4 rings (SSSR count). The van der Waals surface area contributed by atoms with Crippen molar-refractivity contribution in [1.29, 1.82) is 0 Å². The van der Waals surface area contributed by atoms with E-state index in [1.807, 2.05) is 31.2 Å². The van der Waals surface area contributed by atoms with Crippen LogP contribution in [-0.2, 0) is 19.6 Å². The van der Waals surface area contributed by atoms with E-state index in [-0.39, 0.29) is 11.6 Å². The van der Waals surface area contributed by atoms with Crippen molar-refractivity contribution in [3.63, 3.8) is 0 Å². The molecule has 8 nitrogen and oxygen atoms in total. The summed E-state index contributed by atoms with van der Waals surface area (Å²) in [7, 11) is -3.82. The van der Waals surface area contributed by atoms with E-state index in [9.17, 15) is 18.0 Å². The molecule has 1 aliphatic heterocycles. The predicted molar refractivity (Wildman–Crippen MR) is 137 cm³/mol. The predicted octanol–water partition coefficient (Wildman–Crippen LogP) is 4.32. The second kappa shape index (κ2) is 10.2. The number of sulfonamides is 1. The number of carbonyl (C=O) groups is 2. The van der Waals surface area contributed by atoms with Crippen molar-refractivity contribution in [2.24, 2.45) is 0 Å². The molecule has 0 aromatic heterocycles. The summed E-state index contributed by atoms with van der Waals surface area (Å²) >= 11 is 0. The highest BCUT2D eigenvalue weighted by atomic mass is 32.2. The average molecular weight is 494 g/mol. The first-order valence-corrected chi connectivity index (χ1v) is 13.1. The van der Waals surface area contributed by atoms with E-state index in [1.165, 1.54) is 0 Å². The first-order chi connectivity index (χ1) is 16.7. The van der Waals surface area contributed by atoms with Gasteiger partial charge >= 0.3 is 0 Å². The van der Waals surface area contributed by atoms with Gasteiger partial charge in [-0.25, -0.2) is 8.42 Å². The summed E-state index contributed by atoms with van der Waals surface area (Å²) in [5.41, 5.74) is 2.40. The maximum atomic E-state index is 13.0. The number of aryl methyl sites for hydroxylation is 1. The van der Waals surface area contributed by atoms with Crippen LogP contribution < -0.4 is 19.3 Å². The Balaban J connectivity index is 1.56. The number of hydrogen-bond donors (Lipinski definition) is 1. The lowest BCUT2D eigenvalue weighted by Crippen LogP contribution is -2.37. The van der Waals surface area contributed by atoms with Crippen molar-refractivity contribution in [2.75, 3.05) is 33.9 Å². The number of rotatable bonds is 8. The molecule has 9 heteroatoms. The van der Waals surface area contributed by atoms with Crippen LogP contribution >= 0.6 is 0 Å². The monoisotopic (exact) mass is 493 g/mol. The van der Waals surface area contributed by atoms with Gasteiger partial charge in [-0.3, -0.25) is 13.9 Å². The zero-order chi connectivity index (χ0) is 25.0. The summed E-state index contributed by atoms with van der Waals surface area (Å²) < 4.78 is 32.3. The lowest BCUT2D eigenvalue weighted by Gasteiger charge is -2.24. The molecule has 2 amide bonds. The maximum Gasteiger partial charge on any atom is 0.245 e. The van der Waals surface area contributed by atoms with Crippen molar-refractivity contribution in [3.8, 4) is 11.5 Å². The van der Waals surface area contributed by atoms with Crippen LogP contribution in [0.5, 0.6) is 11.5 Å². The topological polar surface area (TPSA) is 96.0 Å². The minimum Gasteiger partial charge on any atom is -0.455 e. The lowest BCUT2D eigenvalue weighted by molar-refractivity contribution is -0.117. The van der Waals surface area contributed by atoms with Crippen LogP contribution in [0, 0.1) is 6.92 Å². The van der Waals surface area contributed by atoms with Gasteiger partial charge in [0.25, 0.3) is 0 Å². The van der Waals surface area contributed by atoms with E-state index < -0.39 is 22.5 Å². The second-order valence-corrected chi connectivity index (χ2v) is 10.3. The summed E-state index contributed by atoms with van der Waals surface area (Å²) in [6, 6.07) is 20.9. The van der Waals surface area contributed by atoms with Gasteiger partial charge in [0.15, 0.2) is 5.75 Å². The first kappa shape index (κ1) is 24.3. The molecule has 0 bridgehead atoms.